The van der Waals surface area contributed by atoms with Gasteiger partial charge in [0, 0.05) is 18.2 Å². The second-order valence-electron chi connectivity index (χ2n) is 5.28. The van der Waals surface area contributed by atoms with Crippen molar-refractivity contribution in [2.75, 3.05) is 0 Å². The number of nitrogens with one attached hydrogen (secondary N) is 1. The molecule has 2 N–H and O–H groups in total. The van der Waals surface area contributed by atoms with Gasteiger partial charge in [-0.15, -0.1) is 0 Å². The van der Waals surface area contributed by atoms with Crippen LogP contribution in [0, 0.1) is 23.0 Å². The van der Waals surface area contributed by atoms with Crippen molar-refractivity contribution in [1.82, 2.24) is 5.32 Å². The number of nitro groups is 1. The van der Waals surface area contributed by atoms with Crippen LogP contribution in [0.1, 0.15) is 31.4 Å². The van der Waals surface area contributed by atoms with Gasteiger partial charge in [-0.05, 0) is 24.8 Å². The second kappa shape index (κ2) is 7.00. The Kier molecular flexibility index (Phi) is 5.64. The van der Waals surface area contributed by atoms with Gasteiger partial charge in [0.15, 0.2) is 0 Å². The van der Waals surface area contributed by atoms with E-state index in [0.29, 0.717) is 24.1 Å². The third kappa shape index (κ3) is 4.62. The average molecular weight is 280 g/mol. The number of hydrogen-bond acceptors (Lipinski definition) is 4. The summed E-state index contributed by atoms with van der Waals surface area (Å²) >= 11 is 0. The summed E-state index contributed by atoms with van der Waals surface area (Å²) < 4.78 is 0. The van der Waals surface area contributed by atoms with Crippen LogP contribution >= 0.6 is 0 Å². The highest BCUT2D eigenvalue weighted by atomic mass is 16.6. The Hall–Kier alpha value is -1.95. The van der Waals surface area contributed by atoms with E-state index >= 15 is 0 Å². The van der Waals surface area contributed by atoms with Crippen LogP contribution < -0.4 is 5.32 Å². The molecule has 0 aliphatic carbocycles. The van der Waals surface area contributed by atoms with E-state index in [-0.39, 0.29) is 11.6 Å². The van der Waals surface area contributed by atoms with Gasteiger partial charge in [0.1, 0.15) is 6.04 Å². The van der Waals surface area contributed by atoms with Crippen molar-refractivity contribution >= 4 is 11.7 Å². The third-order valence-corrected chi connectivity index (χ3v) is 3.03. The maximum Gasteiger partial charge on any atom is 0.320 e. The molecule has 0 bridgehead atoms. The molecule has 0 aliphatic heterocycles. The minimum atomic E-state index is -0.902. The summed E-state index contributed by atoms with van der Waals surface area (Å²) in [6.45, 7) is 5.88. The molecule has 1 aromatic carbocycles. The van der Waals surface area contributed by atoms with Crippen molar-refractivity contribution < 1.29 is 14.8 Å². The summed E-state index contributed by atoms with van der Waals surface area (Å²) in [5.41, 5.74) is 1.35. The molecule has 0 radical (unpaired) electrons. The maximum absolute atomic E-state index is 11.1. The topological polar surface area (TPSA) is 92.5 Å². The summed E-state index contributed by atoms with van der Waals surface area (Å²) in [4.78, 5) is 21.5. The normalized spacial score (nSPS) is 12.4. The largest absolute Gasteiger partial charge is 0.480 e. The van der Waals surface area contributed by atoms with Gasteiger partial charge < -0.3 is 10.4 Å². The van der Waals surface area contributed by atoms with Gasteiger partial charge in [-0.1, -0.05) is 26.0 Å². The standard InChI is InChI=1S/C14H20N2O4/c1-9(2)6-12(14(17)18)15-8-11-5-4-10(3)13(7-11)16(19)20/h4-5,7,9,12,15H,6,8H2,1-3H3,(H,17,18)/t12-/m1/s1. The first kappa shape index (κ1) is 16.1. The molecule has 0 unspecified atom stereocenters. The van der Waals surface area contributed by atoms with Crippen LogP contribution in [0.2, 0.25) is 0 Å². The van der Waals surface area contributed by atoms with E-state index in [1.165, 1.54) is 6.07 Å². The lowest BCUT2D eigenvalue weighted by molar-refractivity contribution is -0.385. The molecule has 0 aromatic heterocycles. The highest BCUT2D eigenvalue weighted by Gasteiger charge is 2.18. The molecule has 1 aromatic rings. The van der Waals surface area contributed by atoms with Crippen molar-refractivity contribution in [2.45, 2.75) is 39.8 Å². The molecule has 0 heterocycles. The van der Waals surface area contributed by atoms with Crippen molar-refractivity contribution in [3.05, 3.63) is 39.4 Å². The lowest BCUT2D eigenvalue weighted by Crippen LogP contribution is -2.37. The van der Waals surface area contributed by atoms with Crippen molar-refractivity contribution in [2.24, 2.45) is 5.92 Å². The van der Waals surface area contributed by atoms with Gasteiger partial charge in [-0.2, -0.15) is 0 Å². The Morgan fingerprint density at radius 1 is 1.45 bits per heavy atom. The number of carboxylic acid groups (broad SMARTS) is 1. The third-order valence-electron chi connectivity index (χ3n) is 3.03. The molecule has 0 saturated heterocycles. The van der Waals surface area contributed by atoms with E-state index in [2.05, 4.69) is 5.32 Å². The Balaban J connectivity index is 2.75. The lowest BCUT2D eigenvalue weighted by Gasteiger charge is -2.16. The van der Waals surface area contributed by atoms with E-state index in [4.69, 9.17) is 5.11 Å². The molecule has 20 heavy (non-hydrogen) atoms. The summed E-state index contributed by atoms with van der Waals surface area (Å²) in [6.07, 6.45) is 0.517. The Morgan fingerprint density at radius 3 is 2.60 bits per heavy atom. The molecule has 0 saturated carbocycles. The van der Waals surface area contributed by atoms with E-state index < -0.39 is 16.9 Å². The smallest absolute Gasteiger partial charge is 0.320 e. The summed E-state index contributed by atoms with van der Waals surface area (Å²) in [6, 6.07) is 4.28. The zero-order valence-electron chi connectivity index (χ0n) is 11.9. The highest BCUT2D eigenvalue weighted by molar-refractivity contribution is 5.73. The fourth-order valence-corrected chi connectivity index (χ4v) is 1.95. The number of carbonyl (C=O) groups is 1. The Labute approximate surface area is 118 Å². The van der Waals surface area contributed by atoms with E-state index in [9.17, 15) is 14.9 Å². The van der Waals surface area contributed by atoms with Crippen LogP contribution in [-0.2, 0) is 11.3 Å². The molecule has 0 spiro atoms. The number of carboxylic acids is 1. The summed E-state index contributed by atoms with van der Waals surface area (Å²) in [7, 11) is 0. The second-order valence-corrected chi connectivity index (χ2v) is 5.28. The SMILES string of the molecule is Cc1ccc(CN[C@H](CC(C)C)C(=O)O)cc1[N+](=O)[O-]. The van der Waals surface area contributed by atoms with E-state index in [1.54, 1.807) is 19.1 Å². The molecular weight excluding hydrogens is 260 g/mol. The minimum Gasteiger partial charge on any atom is -0.480 e. The van der Waals surface area contributed by atoms with Gasteiger partial charge in [0.05, 0.1) is 4.92 Å². The van der Waals surface area contributed by atoms with Crippen molar-refractivity contribution in [3.8, 4) is 0 Å². The van der Waals surface area contributed by atoms with E-state index in [1.807, 2.05) is 13.8 Å². The molecule has 6 heteroatoms. The molecular formula is C14H20N2O4. The fraction of sp³-hybridized carbons (Fsp3) is 0.500. The Morgan fingerprint density at radius 2 is 2.10 bits per heavy atom. The quantitative estimate of drug-likeness (QED) is 0.591. The van der Waals surface area contributed by atoms with Gasteiger partial charge >= 0.3 is 5.97 Å². The first-order valence-corrected chi connectivity index (χ1v) is 6.51. The number of rotatable bonds is 7. The van der Waals surface area contributed by atoms with Crippen LogP contribution in [0.3, 0.4) is 0 Å². The highest BCUT2D eigenvalue weighted by Crippen LogP contribution is 2.19. The number of aliphatic carboxylic acids is 1. The van der Waals surface area contributed by atoms with Crippen molar-refractivity contribution in [3.63, 3.8) is 0 Å². The molecule has 1 rings (SSSR count). The first-order chi connectivity index (χ1) is 9.31. The lowest BCUT2D eigenvalue weighted by atomic mass is 10.0. The predicted molar refractivity (Wildman–Crippen MR) is 75.6 cm³/mol. The number of benzene rings is 1. The summed E-state index contributed by atoms with van der Waals surface area (Å²) in [5, 5.41) is 22.9. The monoisotopic (exact) mass is 280 g/mol. The van der Waals surface area contributed by atoms with Crippen LogP contribution in [0.4, 0.5) is 5.69 Å². The fourth-order valence-electron chi connectivity index (χ4n) is 1.95. The van der Waals surface area contributed by atoms with E-state index in [0.717, 1.165) is 0 Å². The predicted octanol–water partition coefficient (Wildman–Crippen LogP) is 2.49. The molecule has 6 nitrogen and oxygen atoms in total. The first-order valence-electron chi connectivity index (χ1n) is 6.51. The molecule has 0 aliphatic rings. The zero-order chi connectivity index (χ0) is 15.3. The molecule has 0 fully saturated rings. The van der Waals surface area contributed by atoms with Gasteiger partial charge in [-0.25, -0.2) is 0 Å². The number of nitrogens with zero attached hydrogens (tertiary/aromatic N) is 1. The number of nitro benzene ring substituents is 1. The zero-order valence-corrected chi connectivity index (χ0v) is 11.9. The van der Waals surface area contributed by atoms with Crippen LogP contribution in [-0.4, -0.2) is 22.0 Å². The van der Waals surface area contributed by atoms with Crippen LogP contribution in [0.15, 0.2) is 18.2 Å². The van der Waals surface area contributed by atoms with Crippen LogP contribution in [0.5, 0.6) is 0 Å². The maximum atomic E-state index is 11.1. The van der Waals surface area contributed by atoms with Crippen LogP contribution in [0.25, 0.3) is 0 Å². The Bertz CT molecular complexity index is 500. The molecule has 110 valence electrons. The van der Waals surface area contributed by atoms with Gasteiger partial charge in [-0.3, -0.25) is 14.9 Å². The average Bonchev–Trinajstić information content (AvgIpc) is 2.34. The van der Waals surface area contributed by atoms with Crippen molar-refractivity contribution in [1.29, 1.82) is 0 Å². The number of aryl methyl sites for hydroxylation is 1. The molecule has 1 atom stereocenters. The number of hydrogen-bond donors (Lipinski definition) is 2. The summed E-state index contributed by atoms with van der Waals surface area (Å²) in [5.74, 6) is -0.642. The van der Waals surface area contributed by atoms with Gasteiger partial charge in [0.25, 0.3) is 5.69 Å². The van der Waals surface area contributed by atoms with Gasteiger partial charge in [0.2, 0.25) is 0 Å². The molecule has 0 amide bonds. The minimum absolute atomic E-state index is 0.0556.